The van der Waals surface area contributed by atoms with Gasteiger partial charge in [-0.25, -0.2) is 0 Å². The van der Waals surface area contributed by atoms with Crippen molar-refractivity contribution >= 4 is 35.2 Å². The van der Waals surface area contributed by atoms with Gasteiger partial charge in [0, 0.05) is 43.8 Å². The third-order valence-electron chi connectivity index (χ3n) is 10.5. The number of hydrogen-bond acceptors (Lipinski definition) is 3. The molecule has 0 aliphatic carbocycles. The average Bonchev–Trinajstić information content (AvgIpc) is 3.60. The minimum Gasteiger partial charge on any atom is -0.501 e. The summed E-state index contributed by atoms with van der Waals surface area (Å²) < 4.78 is 6.60. The Morgan fingerprint density at radius 2 is 1.36 bits per heavy atom. The van der Waals surface area contributed by atoms with Crippen LogP contribution < -0.4 is 5.19 Å². The van der Waals surface area contributed by atoms with Crippen molar-refractivity contribution < 1.29 is 24.5 Å². The Kier molecular flexibility index (Phi) is 12.7. The number of pyridine rings is 2. The first-order chi connectivity index (χ1) is 26.5. The summed E-state index contributed by atoms with van der Waals surface area (Å²) in [5, 5.41) is 3.71. The summed E-state index contributed by atoms with van der Waals surface area (Å²) in [6, 6.07) is 51.1. The van der Waals surface area contributed by atoms with Crippen molar-refractivity contribution in [2.45, 2.75) is 72.0 Å². The van der Waals surface area contributed by atoms with Crippen LogP contribution in [0.3, 0.4) is 0 Å². The minimum atomic E-state index is -1.34. The van der Waals surface area contributed by atoms with Gasteiger partial charge in [-0.3, -0.25) is 0 Å². The van der Waals surface area contributed by atoms with E-state index in [-0.39, 0.29) is 26.0 Å². The summed E-state index contributed by atoms with van der Waals surface area (Å²) in [7, 11) is -1.34. The summed E-state index contributed by atoms with van der Waals surface area (Å²) in [5.41, 5.74) is 13.1. The molecule has 0 spiro atoms. The van der Waals surface area contributed by atoms with E-state index in [1.165, 1.54) is 27.4 Å². The molecule has 0 amide bonds. The molecule has 0 saturated heterocycles. The molecular weight excluding hydrogens is 877 g/mol. The molecule has 285 valence electrons. The van der Waals surface area contributed by atoms with Crippen LogP contribution in [0.15, 0.2) is 144 Å². The van der Waals surface area contributed by atoms with Gasteiger partial charge in [-0.05, 0) is 62.6 Å². The van der Waals surface area contributed by atoms with E-state index >= 15 is 0 Å². The zero-order valence-corrected chi connectivity index (χ0v) is 37.0. The van der Waals surface area contributed by atoms with E-state index in [9.17, 15) is 0 Å². The van der Waals surface area contributed by atoms with Crippen molar-refractivity contribution in [1.82, 2.24) is 9.97 Å². The number of benzene rings is 5. The second kappa shape index (κ2) is 17.5. The maximum absolute atomic E-state index is 6.60. The molecule has 8 rings (SSSR count). The van der Waals surface area contributed by atoms with Gasteiger partial charge in [-0.15, -0.1) is 48.0 Å². The molecule has 1 radical (unpaired) electrons. The monoisotopic (exact) mass is 927 g/mol. The van der Waals surface area contributed by atoms with Gasteiger partial charge in [0.05, 0.1) is 13.7 Å². The quantitative estimate of drug-likeness (QED) is 0.113. The van der Waals surface area contributed by atoms with Crippen molar-refractivity contribution in [1.29, 1.82) is 0 Å². The van der Waals surface area contributed by atoms with E-state index in [4.69, 9.17) is 9.40 Å². The van der Waals surface area contributed by atoms with Crippen LogP contribution in [0.25, 0.3) is 55.6 Å². The Hall–Kier alpha value is -4.93. The fourth-order valence-corrected chi connectivity index (χ4v) is 8.97. The zero-order chi connectivity index (χ0) is 38.7. The standard InChI is InChI=1S/C34H28NO.C17H22NSi.Ir/c1-22(2)26-14-15-30-32(21-26)36-34-29(17-16-28(33(30)34)25-12-8-5-9-13-25)31-20-27(18-19-35-31)23(3)24-10-6-4-7-11-24;1-13(2)15-11-16(14-9-7-6-8-10-14)18-12-17(15)19(3,4)5;/h4-16,18-23H,1-3H3;6-9,11-13H,1-5H3;/q2*-1;. The van der Waals surface area contributed by atoms with Crippen LogP contribution in [0.5, 0.6) is 0 Å². The van der Waals surface area contributed by atoms with E-state index in [1.807, 2.05) is 30.5 Å². The molecule has 8 aromatic rings. The van der Waals surface area contributed by atoms with Crippen LogP contribution in [0.4, 0.5) is 0 Å². The fraction of sp³-hybridized carbons (Fsp3) is 0.216. The fourth-order valence-electron chi connectivity index (χ4n) is 7.30. The summed E-state index contributed by atoms with van der Waals surface area (Å²) >= 11 is 0. The van der Waals surface area contributed by atoms with E-state index in [2.05, 4.69) is 181 Å². The van der Waals surface area contributed by atoms with Crippen LogP contribution in [0.1, 0.15) is 74.6 Å². The molecule has 5 aromatic carbocycles. The molecule has 3 heterocycles. The number of fused-ring (bicyclic) bond motifs is 3. The van der Waals surface area contributed by atoms with Gasteiger partial charge in [0.25, 0.3) is 0 Å². The molecule has 0 fully saturated rings. The molecule has 5 heteroatoms. The topological polar surface area (TPSA) is 38.9 Å². The van der Waals surface area contributed by atoms with Crippen molar-refractivity contribution in [2.24, 2.45) is 0 Å². The van der Waals surface area contributed by atoms with Gasteiger partial charge in [-0.1, -0.05) is 161 Å². The van der Waals surface area contributed by atoms with Crippen LogP contribution >= 0.6 is 0 Å². The normalized spacial score (nSPS) is 12.0. The number of furan rings is 1. The SMILES string of the molecule is CC(C)c1cc(-c2[c-]cccc2)ncc1[Si](C)(C)C.CC(C)c1ccc2c(c1)oc1c(-c3cc(C(C)c4ccccc4)ccn3)[c-]cc(-c3ccccc3)c12.[Ir]. The van der Waals surface area contributed by atoms with Crippen LogP contribution in [-0.2, 0) is 20.1 Å². The second-order valence-electron chi connectivity index (χ2n) is 16.1. The second-order valence-corrected chi connectivity index (χ2v) is 21.1. The van der Waals surface area contributed by atoms with Crippen molar-refractivity contribution in [2.75, 3.05) is 0 Å². The van der Waals surface area contributed by atoms with Crippen LogP contribution in [0.2, 0.25) is 19.6 Å². The number of aromatic nitrogens is 2. The first-order valence-electron chi connectivity index (χ1n) is 19.4. The molecular formula is C51H50IrN2OSi-2. The number of hydrogen-bond donors (Lipinski definition) is 0. The van der Waals surface area contributed by atoms with E-state index < -0.39 is 8.07 Å². The maximum atomic E-state index is 6.60. The van der Waals surface area contributed by atoms with E-state index in [0.717, 1.165) is 55.6 Å². The van der Waals surface area contributed by atoms with Crippen LogP contribution in [0, 0.1) is 12.1 Å². The van der Waals surface area contributed by atoms with Crippen molar-refractivity contribution in [3.8, 4) is 33.6 Å². The number of nitrogens with zero attached hydrogens (tertiary/aromatic N) is 2. The number of rotatable bonds is 8. The third-order valence-corrected chi connectivity index (χ3v) is 12.5. The van der Waals surface area contributed by atoms with Gasteiger partial charge >= 0.3 is 0 Å². The first-order valence-corrected chi connectivity index (χ1v) is 22.9. The van der Waals surface area contributed by atoms with Crippen molar-refractivity contribution in [3.05, 3.63) is 174 Å². The predicted octanol–water partition coefficient (Wildman–Crippen LogP) is 13.6. The average molecular weight is 927 g/mol. The Bertz CT molecular complexity index is 2540. The predicted molar refractivity (Wildman–Crippen MR) is 235 cm³/mol. The zero-order valence-electron chi connectivity index (χ0n) is 33.6. The molecule has 0 N–H and O–H groups in total. The molecule has 0 aliphatic heterocycles. The smallest absolute Gasteiger partial charge is 0.121 e. The largest absolute Gasteiger partial charge is 0.501 e. The molecule has 1 unspecified atom stereocenters. The summed E-state index contributed by atoms with van der Waals surface area (Å²) in [6.07, 6.45) is 3.99. The van der Waals surface area contributed by atoms with Gasteiger partial charge in [0.1, 0.15) is 5.58 Å². The molecule has 3 aromatic heterocycles. The van der Waals surface area contributed by atoms with Gasteiger partial charge in [0.2, 0.25) is 0 Å². The Labute approximate surface area is 347 Å². The third kappa shape index (κ3) is 8.71. The Balaban J connectivity index is 0.000000226. The maximum Gasteiger partial charge on any atom is 0.121 e. The Morgan fingerprint density at radius 3 is 2.02 bits per heavy atom. The van der Waals surface area contributed by atoms with Crippen LogP contribution in [-0.4, -0.2) is 18.0 Å². The van der Waals surface area contributed by atoms with E-state index in [1.54, 1.807) is 0 Å². The summed E-state index contributed by atoms with van der Waals surface area (Å²) in [6.45, 7) is 18.3. The summed E-state index contributed by atoms with van der Waals surface area (Å²) in [5.74, 6) is 1.23. The van der Waals surface area contributed by atoms with Gasteiger partial charge in [0.15, 0.2) is 0 Å². The minimum absolute atomic E-state index is 0. The molecule has 0 bridgehead atoms. The molecule has 0 aliphatic rings. The molecule has 56 heavy (non-hydrogen) atoms. The summed E-state index contributed by atoms with van der Waals surface area (Å²) in [4.78, 5) is 9.42. The Morgan fingerprint density at radius 1 is 0.643 bits per heavy atom. The van der Waals surface area contributed by atoms with E-state index in [0.29, 0.717) is 11.8 Å². The molecule has 3 nitrogen and oxygen atoms in total. The molecule has 1 atom stereocenters. The molecule has 0 saturated carbocycles. The van der Waals surface area contributed by atoms with Gasteiger partial charge in [-0.2, -0.15) is 0 Å². The first kappa shape index (κ1) is 40.7. The van der Waals surface area contributed by atoms with Gasteiger partial charge < -0.3 is 14.4 Å². The van der Waals surface area contributed by atoms with Crippen molar-refractivity contribution in [3.63, 3.8) is 0 Å².